The third kappa shape index (κ3) is 1.44. The van der Waals surface area contributed by atoms with Gasteiger partial charge in [-0.25, -0.2) is 0 Å². The van der Waals surface area contributed by atoms with Crippen molar-refractivity contribution < 1.29 is 15.0 Å². The number of rotatable bonds is 2. The topological polar surface area (TPSA) is 60.8 Å². The van der Waals surface area contributed by atoms with Crippen molar-refractivity contribution in [3.05, 3.63) is 0 Å². The summed E-state index contributed by atoms with van der Waals surface area (Å²) in [6.45, 7) is 4.47. The molecular formula is C8H15NO3. The number of hydrogen-bond donors (Lipinski definition) is 2. The largest absolute Gasteiger partial charge is 0.395 e. The van der Waals surface area contributed by atoms with Crippen LogP contribution >= 0.6 is 0 Å². The van der Waals surface area contributed by atoms with E-state index in [1.54, 1.807) is 0 Å². The van der Waals surface area contributed by atoms with Crippen molar-refractivity contribution in [3.8, 4) is 0 Å². The van der Waals surface area contributed by atoms with E-state index in [1.165, 1.54) is 4.90 Å². The Kier molecular flexibility index (Phi) is 2.39. The fourth-order valence-electron chi connectivity index (χ4n) is 1.47. The molecule has 1 heterocycles. The molecular weight excluding hydrogens is 158 g/mol. The Labute approximate surface area is 71.8 Å². The van der Waals surface area contributed by atoms with Crippen molar-refractivity contribution in [2.24, 2.45) is 5.41 Å². The molecule has 12 heavy (non-hydrogen) atoms. The first kappa shape index (κ1) is 9.48. The van der Waals surface area contributed by atoms with E-state index in [4.69, 9.17) is 5.11 Å². The maximum Gasteiger partial charge on any atom is 0.252 e. The van der Waals surface area contributed by atoms with Gasteiger partial charge in [-0.3, -0.25) is 4.79 Å². The van der Waals surface area contributed by atoms with Crippen molar-refractivity contribution in [2.75, 3.05) is 19.7 Å². The first-order valence-corrected chi connectivity index (χ1v) is 4.07. The van der Waals surface area contributed by atoms with E-state index in [9.17, 15) is 9.90 Å². The summed E-state index contributed by atoms with van der Waals surface area (Å²) in [5, 5.41) is 18.1. The average Bonchev–Trinajstić information content (AvgIpc) is 2.16. The van der Waals surface area contributed by atoms with E-state index >= 15 is 0 Å². The molecule has 1 unspecified atom stereocenters. The van der Waals surface area contributed by atoms with Gasteiger partial charge in [0.05, 0.1) is 6.61 Å². The van der Waals surface area contributed by atoms with E-state index in [-0.39, 0.29) is 17.9 Å². The van der Waals surface area contributed by atoms with Crippen molar-refractivity contribution in [1.29, 1.82) is 0 Å². The SMILES string of the molecule is CC1(C)CN(CCO)C(=O)C1O. The number of carbonyl (C=O) groups is 1. The number of likely N-dealkylation sites (tertiary alicyclic amines) is 1. The highest BCUT2D eigenvalue weighted by Gasteiger charge is 2.44. The molecule has 1 aliphatic heterocycles. The summed E-state index contributed by atoms with van der Waals surface area (Å²) in [5.74, 6) is -0.269. The Balaban J connectivity index is 2.68. The number of aliphatic hydroxyl groups is 2. The van der Waals surface area contributed by atoms with Crippen LogP contribution in [0, 0.1) is 5.41 Å². The van der Waals surface area contributed by atoms with Gasteiger partial charge in [-0.2, -0.15) is 0 Å². The Hall–Kier alpha value is -0.610. The van der Waals surface area contributed by atoms with Gasteiger partial charge in [0.25, 0.3) is 5.91 Å². The fraction of sp³-hybridized carbons (Fsp3) is 0.875. The van der Waals surface area contributed by atoms with E-state index in [0.717, 1.165) is 0 Å². The van der Waals surface area contributed by atoms with E-state index in [0.29, 0.717) is 13.1 Å². The average molecular weight is 173 g/mol. The molecule has 0 aromatic heterocycles. The van der Waals surface area contributed by atoms with Gasteiger partial charge in [-0.1, -0.05) is 13.8 Å². The molecule has 1 rings (SSSR count). The van der Waals surface area contributed by atoms with E-state index in [2.05, 4.69) is 0 Å². The summed E-state index contributed by atoms with van der Waals surface area (Å²) < 4.78 is 0. The molecule has 4 heteroatoms. The van der Waals surface area contributed by atoms with Crippen LogP contribution in [0.1, 0.15) is 13.8 Å². The highest BCUT2D eigenvalue weighted by atomic mass is 16.3. The molecule has 0 saturated carbocycles. The summed E-state index contributed by atoms with van der Waals surface area (Å²) in [5.41, 5.74) is -0.383. The Morgan fingerprint density at radius 1 is 1.67 bits per heavy atom. The van der Waals surface area contributed by atoms with Crippen LogP contribution in [0.3, 0.4) is 0 Å². The Morgan fingerprint density at radius 2 is 2.25 bits per heavy atom. The number of aliphatic hydroxyl groups excluding tert-OH is 2. The smallest absolute Gasteiger partial charge is 0.252 e. The Bertz CT molecular complexity index is 191. The first-order chi connectivity index (χ1) is 5.49. The molecule has 0 aliphatic carbocycles. The van der Waals surface area contributed by atoms with Crippen LogP contribution in [0.5, 0.6) is 0 Å². The zero-order chi connectivity index (χ0) is 9.35. The second-order valence-corrected chi connectivity index (χ2v) is 3.87. The lowest BCUT2D eigenvalue weighted by atomic mass is 9.90. The van der Waals surface area contributed by atoms with Gasteiger partial charge in [0, 0.05) is 18.5 Å². The molecule has 1 saturated heterocycles. The molecule has 0 aromatic rings. The minimum absolute atomic E-state index is 0.0471. The van der Waals surface area contributed by atoms with Crippen molar-refractivity contribution in [3.63, 3.8) is 0 Å². The zero-order valence-corrected chi connectivity index (χ0v) is 7.45. The van der Waals surface area contributed by atoms with Gasteiger partial charge in [0.1, 0.15) is 6.10 Å². The number of β-amino-alcohol motifs (C(OH)–C–C–N with tert-alkyl or cyclic N) is 1. The molecule has 0 aromatic carbocycles. The second-order valence-electron chi connectivity index (χ2n) is 3.87. The first-order valence-electron chi connectivity index (χ1n) is 4.07. The van der Waals surface area contributed by atoms with Crippen LogP contribution in [0.2, 0.25) is 0 Å². The van der Waals surface area contributed by atoms with Crippen LogP contribution in [-0.2, 0) is 4.79 Å². The van der Waals surface area contributed by atoms with Crippen molar-refractivity contribution in [1.82, 2.24) is 4.90 Å². The molecule has 0 radical (unpaired) electrons. The molecule has 4 nitrogen and oxygen atoms in total. The Morgan fingerprint density at radius 3 is 2.58 bits per heavy atom. The number of amides is 1. The molecule has 2 N–H and O–H groups in total. The number of carbonyl (C=O) groups excluding carboxylic acids is 1. The quantitative estimate of drug-likeness (QED) is 0.575. The molecule has 1 atom stereocenters. The van der Waals surface area contributed by atoms with Gasteiger partial charge in [0.2, 0.25) is 0 Å². The summed E-state index contributed by atoms with van der Waals surface area (Å²) in [6.07, 6.45) is -0.913. The lowest BCUT2D eigenvalue weighted by Crippen LogP contribution is -2.32. The van der Waals surface area contributed by atoms with Crippen LogP contribution in [0.15, 0.2) is 0 Å². The van der Waals surface area contributed by atoms with Gasteiger partial charge in [0.15, 0.2) is 0 Å². The molecule has 1 aliphatic rings. The maximum absolute atomic E-state index is 11.3. The maximum atomic E-state index is 11.3. The molecule has 1 fully saturated rings. The van der Waals surface area contributed by atoms with E-state index < -0.39 is 6.10 Å². The summed E-state index contributed by atoms with van der Waals surface area (Å²) in [6, 6.07) is 0. The summed E-state index contributed by atoms with van der Waals surface area (Å²) >= 11 is 0. The van der Waals surface area contributed by atoms with Crippen molar-refractivity contribution in [2.45, 2.75) is 20.0 Å². The molecule has 70 valence electrons. The predicted octanol–water partition coefficient (Wildman–Crippen LogP) is -0.792. The monoisotopic (exact) mass is 173 g/mol. The van der Waals surface area contributed by atoms with Gasteiger partial charge < -0.3 is 15.1 Å². The second kappa shape index (κ2) is 3.03. The standard InChI is InChI=1S/C8H15NO3/c1-8(2)5-9(3-4-10)7(12)6(8)11/h6,10-11H,3-5H2,1-2H3. The van der Waals surface area contributed by atoms with Crippen LogP contribution in [0.4, 0.5) is 0 Å². The summed E-state index contributed by atoms with van der Waals surface area (Å²) in [4.78, 5) is 12.8. The minimum atomic E-state index is -0.913. The minimum Gasteiger partial charge on any atom is -0.395 e. The van der Waals surface area contributed by atoms with Gasteiger partial charge in [-0.05, 0) is 0 Å². The zero-order valence-electron chi connectivity index (χ0n) is 7.45. The highest BCUT2D eigenvalue weighted by molar-refractivity contribution is 5.84. The molecule has 0 bridgehead atoms. The van der Waals surface area contributed by atoms with Crippen LogP contribution in [0.25, 0.3) is 0 Å². The van der Waals surface area contributed by atoms with E-state index in [1.807, 2.05) is 13.8 Å². The normalized spacial score (nSPS) is 28.2. The van der Waals surface area contributed by atoms with Gasteiger partial charge in [-0.15, -0.1) is 0 Å². The van der Waals surface area contributed by atoms with Crippen LogP contribution in [-0.4, -0.2) is 46.8 Å². The molecule has 1 amide bonds. The highest BCUT2D eigenvalue weighted by Crippen LogP contribution is 2.29. The van der Waals surface area contributed by atoms with Gasteiger partial charge >= 0.3 is 0 Å². The lowest BCUT2D eigenvalue weighted by Gasteiger charge is -2.19. The van der Waals surface area contributed by atoms with Crippen LogP contribution < -0.4 is 0 Å². The number of nitrogens with zero attached hydrogens (tertiary/aromatic N) is 1. The lowest BCUT2D eigenvalue weighted by molar-refractivity contribution is -0.136. The predicted molar refractivity (Wildman–Crippen MR) is 43.5 cm³/mol. The number of hydrogen-bond acceptors (Lipinski definition) is 3. The fourth-order valence-corrected chi connectivity index (χ4v) is 1.47. The van der Waals surface area contributed by atoms with Crippen molar-refractivity contribution >= 4 is 5.91 Å². The molecule has 0 spiro atoms. The summed E-state index contributed by atoms with van der Waals surface area (Å²) in [7, 11) is 0. The third-order valence-electron chi connectivity index (χ3n) is 2.25. The third-order valence-corrected chi connectivity index (χ3v) is 2.25.